The molecule has 1 saturated carbocycles. The lowest BCUT2D eigenvalue weighted by molar-refractivity contribution is 0.0557. The maximum atomic E-state index is 12.3. The highest BCUT2D eigenvalue weighted by molar-refractivity contribution is 5.96. The van der Waals surface area contributed by atoms with E-state index < -0.39 is 0 Å². The third-order valence-corrected chi connectivity index (χ3v) is 4.57. The van der Waals surface area contributed by atoms with E-state index in [4.69, 9.17) is 0 Å². The van der Waals surface area contributed by atoms with Gasteiger partial charge >= 0.3 is 0 Å². The molecule has 4 nitrogen and oxygen atoms in total. The van der Waals surface area contributed by atoms with Crippen molar-refractivity contribution < 1.29 is 4.79 Å². The molecule has 0 aromatic heterocycles. The monoisotopic (exact) mass is 275 g/mol. The standard InChI is InChI=1S/C16H25N3O/c1-12-10-13(17-2)6-7-14(12)15(20)18-11-16(19(3)4)8-5-9-16/h6-7,10,17H,5,8-9,11H2,1-4H3,(H,18,20). The first-order valence-electron chi connectivity index (χ1n) is 7.22. The lowest BCUT2D eigenvalue weighted by Gasteiger charge is -2.47. The van der Waals surface area contributed by atoms with E-state index in [9.17, 15) is 4.79 Å². The minimum Gasteiger partial charge on any atom is -0.388 e. The summed E-state index contributed by atoms with van der Waals surface area (Å²) in [5, 5.41) is 6.19. The van der Waals surface area contributed by atoms with Gasteiger partial charge in [-0.25, -0.2) is 0 Å². The molecule has 1 fully saturated rings. The molecular formula is C16H25N3O. The van der Waals surface area contributed by atoms with Crippen molar-refractivity contribution in [2.45, 2.75) is 31.7 Å². The molecule has 1 aliphatic carbocycles. The van der Waals surface area contributed by atoms with Crippen LogP contribution in [0.4, 0.5) is 5.69 Å². The van der Waals surface area contributed by atoms with Crippen LogP contribution in [-0.2, 0) is 0 Å². The molecule has 1 aromatic rings. The molecule has 20 heavy (non-hydrogen) atoms. The van der Waals surface area contributed by atoms with Crippen molar-refractivity contribution in [1.29, 1.82) is 0 Å². The van der Waals surface area contributed by atoms with E-state index in [1.807, 2.05) is 32.2 Å². The van der Waals surface area contributed by atoms with Crippen LogP contribution in [0, 0.1) is 6.92 Å². The smallest absolute Gasteiger partial charge is 0.251 e. The Morgan fingerprint density at radius 1 is 1.35 bits per heavy atom. The van der Waals surface area contributed by atoms with Crippen LogP contribution < -0.4 is 10.6 Å². The molecule has 0 atom stereocenters. The van der Waals surface area contributed by atoms with E-state index in [2.05, 4.69) is 29.6 Å². The second-order valence-corrected chi connectivity index (χ2v) is 5.93. The van der Waals surface area contributed by atoms with Gasteiger partial charge in [0.25, 0.3) is 5.91 Å². The van der Waals surface area contributed by atoms with Crippen LogP contribution in [0.5, 0.6) is 0 Å². The SMILES string of the molecule is CNc1ccc(C(=O)NCC2(N(C)C)CCC2)c(C)c1. The number of benzene rings is 1. The fourth-order valence-corrected chi connectivity index (χ4v) is 2.78. The molecule has 1 amide bonds. The lowest BCUT2D eigenvalue weighted by Crippen LogP contribution is -2.57. The van der Waals surface area contributed by atoms with Gasteiger partial charge in [-0.1, -0.05) is 0 Å². The van der Waals surface area contributed by atoms with Gasteiger partial charge < -0.3 is 15.5 Å². The number of rotatable bonds is 5. The van der Waals surface area contributed by atoms with Crippen LogP contribution in [0.3, 0.4) is 0 Å². The summed E-state index contributed by atoms with van der Waals surface area (Å²) >= 11 is 0. The van der Waals surface area contributed by atoms with Crippen LogP contribution in [0.25, 0.3) is 0 Å². The van der Waals surface area contributed by atoms with Crippen LogP contribution in [0.15, 0.2) is 18.2 Å². The Balaban J connectivity index is 2.02. The molecule has 4 heteroatoms. The number of likely N-dealkylation sites (N-methyl/N-ethyl adjacent to an activating group) is 1. The maximum absolute atomic E-state index is 12.3. The molecule has 0 heterocycles. The molecule has 0 unspecified atom stereocenters. The number of carbonyl (C=O) groups excluding carboxylic acids is 1. The molecule has 0 saturated heterocycles. The summed E-state index contributed by atoms with van der Waals surface area (Å²) in [6, 6.07) is 5.83. The fraction of sp³-hybridized carbons (Fsp3) is 0.562. The number of amides is 1. The predicted octanol–water partition coefficient (Wildman–Crippen LogP) is 2.25. The Hall–Kier alpha value is -1.55. The molecule has 0 bridgehead atoms. The third-order valence-electron chi connectivity index (χ3n) is 4.57. The average molecular weight is 275 g/mol. The number of aryl methyl sites for hydroxylation is 1. The van der Waals surface area contributed by atoms with E-state index in [1.54, 1.807) is 0 Å². The molecule has 0 radical (unpaired) electrons. The van der Waals surface area contributed by atoms with Crippen molar-refractivity contribution in [1.82, 2.24) is 10.2 Å². The first-order valence-corrected chi connectivity index (χ1v) is 7.22. The van der Waals surface area contributed by atoms with Crippen molar-refractivity contribution >= 4 is 11.6 Å². The van der Waals surface area contributed by atoms with Crippen LogP contribution >= 0.6 is 0 Å². The van der Waals surface area contributed by atoms with E-state index in [1.165, 1.54) is 6.42 Å². The number of nitrogens with one attached hydrogen (secondary N) is 2. The van der Waals surface area contributed by atoms with Gasteiger partial charge in [0.1, 0.15) is 0 Å². The fourth-order valence-electron chi connectivity index (χ4n) is 2.78. The lowest BCUT2D eigenvalue weighted by atomic mass is 9.75. The zero-order valence-electron chi connectivity index (χ0n) is 12.9. The Kier molecular flexibility index (Phi) is 4.33. The second kappa shape index (κ2) is 5.83. The van der Waals surface area contributed by atoms with E-state index in [0.29, 0.717) is 0 Å². The van der Waals surface area contributed by atoms with Crippen molar-refractivity contribution in [2.75, 3.05) is 33.0 Å². The quantitative estimate of drug-likeness (QED) is 0.866. The summed E-state index contributed by atoms with van der Waals surface area (Å²) in [7, 11) is 6.07. The topological polar surface area (TPSA) is 44.4 Å². The zero-order chi connectivity index (χ0) is 14.8. The van der Waals surface area contributed by atoms with Gasteiger partial charge in [-0.15, -0.1) is 0 Å². The van der Waals surface area contributed by atoms with Crippen molar-refractivity contribution in [3.05, 3.63) is 29.3 Å². The van der Waals surface area contributed by atoms with Crippen LogP contribution in [0.1, 0.15) is 35.2 Å². The van der Waals surface area contributed by atoms with Crippen LogP contribution in [0.2, 0.25) is 0 Å². The van der Waals surface area contributed by atoms with Gasteiger partial charge in [0.05, 0.1) is 0 Å². The second-order valence-electron chi connectivity index (χ2n) is 5.93. The van der Waals surface area contributed by atoms with Gasteiger partial charge in [0.2, 0.25) is 0 Å². The highest BCUT2D eigenvalue weighted by Crippen LogP contribution is 2.35. The number of carbonyl (C=O) groups is 1. The van der Waals surface area contributed by atoms with E-state index >= 15 is 0 Å². The minimum absolute atomic E-state index is 0.0262. The zero-order valence-corrected chi connectivity index (χ0v) is 12.9. The molecule has 1 aliphatic rings. The van der Waals surface area contributed by atoms with E-state index in [-0.39, 0.29) is 11.4 Å². The first kappa shape index (κ1) is 14.9. The normalized spacial score (nSPS) is 16.6. The summed E-state index contributed by atoms with van der Waals surface area (Å²) < 4.78 is 0. The van der Waals surface area contributed by atoms with Crippen molar-refractivity contribution in [3.63, 3.8) is 0 Å². The number of anilines is 1. The predicted molar refractivity (Wildman–Crippen MR) is 83.3 cm³/mol. The van der Waals surface area contributed by atoms with Gasteiger partial charge in [-0.05, 0) is 64.0 Å². The maximum Gasteiger partial charge on any atom is 0.251 e. The summed E-state index contributed by atoms with van der Waals surface area (Å²) in [6.45, 7) is 2.70. The Bertz CT molecular complexity index is 492. The molecule has 2 N–H and O–H groups in total. The van der Waals surface area contributed by atoms with Gasteiger partial charge in [-0.3, -0.25) is 4.79 Å². The summed E-state index contributed by atoms with van der Waals surface area (Å²) in [5.74, 6) is 0.0262. The van der Waals surface area contributed by atoms with Gasteiger partial charge in [0.15, 0.2) is 0 Å². The Morgan fingerprint density at radius 3 is 2.50 bits per heavy atom. The summed E-state index contributed by atoms with van der Waals surface area (Å²) in [6.07, 6.45) is 3.58. The minimum atomic E-state index is 0.0262. The van der Waals surface area contributed by atoms with Crippen molar-refractivity contribution in [3.8, 4) is 0 Å². The van der Waals surface area contributed by atoms with Gasteiger partial charge in [-0.2, -0.15) is 0 Å². The molecule has 0 aliphatic heterocycles. The summed E-state index contributed by atoms with van der Waals surface area (Å²) in [4.78, 5) is 14.6. The molecular weight excluding hydrogens is 250 g/mol. The summed E-state index contributed by atoms with van der Waals surface area (Å²) in [5.41, 5.74) is 2.95. The largest absolute Gasteiger partial charge is 0.388 e. The molecule has 1 aromatic carbocycles. The first-order chi connectivity index (χ1) is 9.48. The Labute approximate surface area is 121 Å². The number of hydrogen-bond acceptors (Lipinski definition) is 3. The molecule has 110 valence electrons. The Morgan fingerprint density at radius 2 is 2.05 bits per heavy atom. The van der Waals surface area contributed by atoms with E-state index in [0.717, 1.165) is 36.2 Å². The van der Waals surface area contributed by atoms with Gasteiger partial charge in [0, 0.05) is 30.4 Å². The van der Waals surface area contributed by atoms with Crippen molar-refractivity contribution in [2.24, 2.45) is 0 Å². The number of hydrogen-bond donors (Lipinski definition) is 2. The highest BCUT2D eigenvalue weighted by Gasteiger charge is 2.39. The molecule has 0 spiro atoms. The van der Waals surface area contributed by atoms with Crippen LogP contribution in [-0.4, -0.2) is 44.0 Å². The number of nitrogens with zero attached hydrogens (tertiary/aromatic N) is 1. The third kappa shape index (κ3) is 2.80. The average Bonchev–Trinajstić information content (AvgIpc) is 2.36. The molecule has 2 rings (SSSR count). The highest BCUT2D eigenvalue weighted by atomic mass is 16.1.